The first kappa shape index (κ1) is 14.0. The molecule has 0 bridgehead atoms. The van der Waals surface area contributed by atoms with E-state index in [0.717, 1.165) is 12.8 Å². The smallest absolute Gasteiger partial charge is 0.332 e. The summed E-state index contributed by atoms with van der Waals surface area (Å²) in [6.45, 7) is 1.97. The van der Waals surface area contributed by atoms with E-state index in [2.05, 4.69) is 0 Å². The molecule has 0 aliphatic carbocycles. The van der Waals surface area contributed by atoms with Gasteiger partial charge in [0.2, 0.25) is 5.91 Å². The van der Waals surface area contributed by atoms with Crippen LogP contribution >= 0.6 is 11.3 Å². The molecule has 0 spiro atoms. The van der Waals surface area contributed by atoms with Gasteiger partial charge in [-0.05, 0) is 31.2 Å². The van der Waals surface area contributed by atoms with Crippen LogP contribution < -0.4 is 0 Å². The van der Waals surface area contributed by atoms with Crippen LogP contribution in [0.15, 0.2) is 17.5 Å². The molecule has 1 N–H and O–H groups in total. The van der Waals surface area contributed by atoms with Gasteiger partial charge in [0.15, 0.2) is 6.10 Å². The maximum Gasteiger partial charge on any atom is 0.332 e. The summed E-state index contributed by atoms with van der Waals surface area (Å²) in [7, 11) is 0. The molecule has 0 aromatic carbocycles. The molecular weight excluding hydrogens is 266 g/mol. The van der Waals surface area contributed by atoms with E-state index in [1.807, 2.05) is 17.5 Å². The number of rotatable bonds is 5. The summed E-state index contributed by atoms with van der Waals surface area (Å²) in [4.78, 5) is 25.7. The lowest BCUT2D eigenvalue weighted by atomic mass is 10.2. The lowest BCUT2D eigenvalue weighted by Gasteiger charge is -2.24. The van der Waals surface area contributed by atoms with Crippen molar-refractivity contribution in [2.24, 2.45) is 0 Å². The average Bonchev–Trinajstić information content (AvgIpc) is 3.04. The van der Waals surface area contributed by atoms with Crippen LogP contribution in [0.3, 0.4) is 0 Å². The van der Waals surface area contributed by atoms with Crippen LogP contribution in [-0.2, 0) is 14.3 Å². The van der Waals surface area contributed by atoms with Gasteiger partial charge < -0.3 is 14.7 Å². The van der Waals surface area contributed by atoms with Crippen LogP contribution in [0.25, 0.3) is 0 Å². The van der Waals surface area contributed by atoms with Crippen LogP contribution in [-0.4, -0.2) is 41.1 Å². The lowest BCUT2D eigenvalue weighted by Crippen LogP contribution is -2.35. The Morgan fingerprint density at radius 1 is 1.63 bits per heavy atom. The highest BCUT2D eigenvalue weighted by Gasteiger charge is 2.30. The predicted octanol–water partition coefficient (Wildman–Crippen LogP) is 1.90. The molecule has 0 radical (unpaired) electrons. The number of amides is 1. The van der Waals surface area contributed by atoms with E-state index >= 15 is 0 Å². The average molecular weight is 283 g/mol. The largest absolute Gasteiger partial charge is 0.479 e. The molecule has 1 aliphatic heterocycles. The fourth-order valence-corrected chi connectivity index (χ4v) is 3.07. The van der Waals surface area contributed by atoms with Gasteiger partial charge in [0.1, 0.15) is 6.61 Å². The van der Waals surface area contributed by atoms with E-state index in [0.29, 0.717) is 6.54 Å². The summed E-state index contributed by atoms with van der Waals surface area (Å²) in [5.41, 5.74) is 0. The number of nitrogens with zero attached hydrogens (tertiary/aromatic N) is 1. The quantitative estimate of drug-likeness (QED) is 0.896. The molecule has 1 fully saturated rings. The van der Waals surface area contributed by atoms with E-state index in [1.165, 1.54) is 11.8 Å². The Balaban J connectivity index is 1.93. The minimum Gasteiger partial charge on any atom is -0.479 e. The number of aliphatic carboxylic acids is 1. The van der Waals surface area contributed by atoms with Crippen LogP contribution in [0.5, 0.6) is 0 Å². The topological polar surface area (TPSA) is 66.8 Å². The maximum absolute atomic E-state index is 12.1. The van der Waals surface area contributed by atoms with Gasteiger partial charge in [-0.1, -0.05) is 6.07 Å². The third-order valence-corrected chi connectivity index (χ3v) is 4.22. The molecule has 1 aromatic heterocycles. The first-order chi connectivity index (χ1) is 9.09. The minimum absolute atomic E-state index is 0.122. The normalized spacial score (nSPS) is 20.5. The molecule has 1 amide bonds. The standard InChI is InChI=1S/C13H17NO4S/c1-9(13(16)17)18-8-12(15)14-6-2-4-10(14)11-5-3-7-19-11/h3,5,7,9-10H,2,4,6,8H2,1H3,(H,16,17)/t9-,10?/m1/s1. The van der Waals surface area contributed by atoms with Crippen molar-refractivity contribution in [2.75, 3.05) is 13.2 Å². The van der Waals surface area contributed by atoms with Crippen molar-refractivity contribution in [2.45, 2.75) is 31.9 Å². The van der Waals surface area contributed by atoms with Crippen LogP contribution in [0.2, 0.25) is 0 Å². The minimum atomic E-state index is -1.05. The van der Waals surface area contributed by atoms with Gasteiger partial charge in [-0.15, -0.1) is 11.3 Å². The summed E-state index contributed by atoms with van der Waals surface area (Å²) < 4.78 is 5.06. The van der Waals surface area contributed by atoms with Crippen molar-refractivity contribution in [1.29, 1.82) is 0 Å². The molecule has 1 aliphatic rings. The highest BCUT2D eigenvalue weighted by atomic mass is 32.1. The van der Waals surface area contributed by atoms with Crippen molar-refractivity contribution in [3.05, 3.63) is 22.4 Å². The Labute approximate surface area is 115 Å². The number of carbonyl (C=O) groups excluding carboxylic acids is 1. The molecule has 6 heteroatoms. The fraction of sp³-hybridized carbons (Fsp3) is 0.538. The van der Waals surface area contributed by atoms with Gasteiger partial charge in [0.05, 0.1) is 6.04 Å². The number of carboxylic acids is 1. The van der Waals surface area contributed by atoms with Gasteiger partial charge >= 0.3 is 5.97 Å². The molecule has 1 unspecified atom stereocenters. The van der Waals surface area contributed by atoms with Gasteiger partial charge in [0, 0.05) is 11.4 Å². The second kappa shape index (κ2) is 6.16. The van der Waals surface area contributed by atoms with Crippen LogP contribution in [0.1, 0.15) is 30.7 Å². The number of likely N-dealkylation sites (tertiary alicyclic amines) is 1. The van der Waals surface area contributed by atoms with E-state index in [-0.39, 0.29) is 18.6 Å². The molecule has 2 atom stereocenters. The second-order valence-electron chi connectivity index (χ2n) is 4.55. The molecule has 1 aromatic rings. The van der Waals surface area contributed by atoms with Crippen molar-refractivity contribution in [1.82, 2.24) is 4.90 Å². The Morgan fingerprint density at radius 2 is 2.42 bits per heavy atom. The number of hydrogen-bond donors (Lipinski definition) is 1. The van der Waals surface area contributed by atoms with Gasteiger partial charge in [-0.2, -0.15) is 0 Å². The molecule has 1 saturated heterocycles. The van der Waals surface area contributed by atoms with Crippen LogP contribution in [0.4, 0.5) is 0 Å². The maximum atomic E-state index is 12.1. The molecular formula is C13H17NO4S. The monoisotopic (exact) mass is 283 g/mol. The summed E-state index contributed by atoms with van der Waals surface area (Å²) >= 11 is 1.64. The zero-order valence-corrected chi connectivity index (χ0v) is 11.6. The molecule has 0 saturated carbocycles. The summed E-state index contributed by atoms with van der Waals surface area (Å²) in [6.07, 6.45) is 0.982. The Kier molecular flexibility index (Phi) is 4.55. The highest BCUT2D eigenvalue weighted by molar-refractivity contribution is 7.10. The molecule has 19 heavy (non-hydrogen) atoms. The summed E-state index contributed by atoms with van der Waals surface area (Å²) in [5.74, 6) is -1.19. The van der Waals surface area contributed by atoms with Crippen molar-refractivity contribution >= 4 is 23.2 Å². The SMILES string of the molecule is C[C@@H](OCC(=O)N1CCCC1c1cccs1)C(=O)O. The van der Waals surface area contributed by atoms with E-state index in [9.17, 15) is 9.59 Å². The third-order valence-electron chi connectivity index (χ3n) is 3.25. The highest BCUT2D eigenvalue weighted by Crippen LogP contribution is 2.34. The first-order valence-electron chi connectivity index (χ1n) is 6.27. The molecule has 2 rings (SSSR count). The zero-order chi connectivity index (χ0) is 13.8. The zero-order valence-electron chi connectivity index (χ0n) is 10.7. The van der Waals surface area contributed by atoms with Gasteiger partial charge in [-0.25, -0.2) is 4.79 Å². The molecule has 2 heterocycles. The number of ether oxygens (including phenoxy) is 1. The van der Waals surface area contributed by atoms with Crippen molar-refractivity contribution in [3.8, 4) is 0 Å². The fourth-order valence-electron chi connectivity index (χ4n) is 2.19. The lowest BCUT2D eigenvalue weighted by molar-refractivity contribution is -0.153. The van der Waals surface area contributed by atoms with E-state index in [4.69, 9.17) is 9.84 Å². The molecule has 104 valence electrons. The molecule has 5 nitrogen and oxygen atoms in total. The number of carboxylic acid groups (broad SMARTS) is 1. The summed E-state index contributed by atoms with van der Waals surface area (Å²) in [6, 6.07) is 4.13. The Morgan fingerprint density at radius 3 is 3.05 bits per heavy atom. The Bertz CT molecular complexity index is 446. The Hall–Kier alpha value is -1.40. The van der Waals surface area contributed by atoms with Crippen molar-refractivity contribution < 1.29 is 19.4 Å². The summed E-state index contributed by atoms with van der Waals surface area (Å²) in [5, 5.41) is 10.7. The number of thiophene rings is 1. The first-order valence-corrected chi connectivity index (χ1v) is 7.15. The third kappa shape index (κ3) is 3.33. The predicted molar refractivity (Wildman–Crippen MR) is 71.1 cm³/mol. The van der Waals surface area contributed by atoms with Crippen LogP contribution in [0, 0.1) is 0 Å². The van der Waals surface area contributed by atoms with E-state index < -0.39 is 12.1 Å². The van der Waals surface area contributed by atoms with Crippen molar-refractivity contribution in [3.63, 3.8) is 0 Å². The number of carbonyl (C=O) groups is 2. The van der Waals surface area contributed by atoms with Gasteiger partial charge in [0.25, 0.3) is 0 Å². The second-order valence-corrected chi connectivity index (χ2v) is 5.53. The number of hydrogen-bond acceptors (Lipinski definition) is 4. The van der Waals surface area contributed by atoms with Gasteiger partial charge in [-0.3, -0.25) is 4.79 Å². The van der Waals surface area contributed by atoms with E-state index in [1.54, 1.807) is 16.2 Å².